The monoisotopic (exact) mass is 220 g/mol. The van der Waals surface area contributed by atoms with Crippen LogP contribution >= 0.6 is 0 Å². The average Bonchev–Trinajstić information content (AvgIpc) is 2.28. The fourth-order valence-corrected chi connectivity index (χ4v) is 1.57. The highest BCUT2D eigenvalue weighted by Crippen LogP contribution is 2.14. The molecule has 1 aromatic rings. The van der Waals surface area contributed by atoms with Crippen LogP contribution in [0.25, 0.3) is 0 Å². The van der Waals surface area contributed by atoms with E-state index >= 15 is 0 Å². The maximum Gasteiger partial charge on any atom is 0.241 e. The van der Waals surface area contributed by atoms with Gasteiger partial charge in [0, 0.05) is 6.42 Å². The van der Waals surface area contributed by atoms with Gasteiger partial charge < -0.3 is 0 Å². The SMILES string of the molecule is CCCCCC(=O)N(N)c1cccc(C)c1. The number of benzene rings is 1. The zero-order chi connectivity index (χ0) is 12.0. The molecule has 0 aliphatic rings. The van der Waals surface area contributed by atoms with Gasteiger partial charge in [0.2, 0.25) is 5.91 Å². The van der Waals surface area contributed by atoms with Gasteiger partial charge in [0.05, 0.1) is 5.69 Å². The number of hydrazine groups is 1. The molecule has 3 nitrogen and oxygen atoms in total. The van der Waals surface area contributed by atoms with Crippen LogP contribution in [0.15, 0.2) is 24.3 Å². The average molecular weight is 220 g/mol. The van der Waals surface area contributed by atoms with E-state index in [2.05, 4.69) is 6.92 Å². The fourth-order valence-electron chi connectivity index (χ4n) is 1.57. The standard InChI is InChI=1S/C13H20N2O/c1-3-4-5-9-13(16)15(14)12-8-6-7-11(2)10-12/h6-8,10H,3-5,9,14H2,1-2H3. The van der Waals surface area contributed by atoms with Gasteiger partial charge in [0.15, 0.2) is 0 Å². The quantitative estimate of drug-likeness (QED) is 0.359. The number of carbonyl (C=O) groups excluding carboxylic acids is 1. The summed E-state index contributed by atoms with van der Waals surface area (Å²) in [5.41, 5.74) is 1.87. The third-order valence-electron chi connectivity index (χ3n) is 2.54. The minimum Gasteiger partial charge on any atom is -0.273 e. The second-order valence-electron chi connectivity index (χ2n) is 4.06. The van der Waals surface area contributed by atoms with E-state index < -0.39 is 0 Å². The Hall–Kier alpha value is -1.35. The van der Waals surface area contributed by atoms with E-state index in [0.29, 0.717) is 6.42 Å². The molecule has 0 atom stereocenters. The van der Waals surface area contributed by atoms with Crippen molar-refractivity contribution in [1.29, 1.82) is 0 Å². The maximum absolute atomic E-state index is 11.7. The molecule has 0 aliphatic carbocycles. The molecule has 0 fully saturated rings. The number of aryl methyl sites for hydroxylation is 1. The number of amides is 1. The topological polar surface area (TPSA) is 46.3 Å². The van der Waals surface area contributed by atoms with E-state index in [1.165, 1.54) is 5.01 Å². The zero-order valence-corrected chi connectivity index (χ0v) is 10.1. The van der Waals surface area contributed by atoms with Gasteiger partial charge in [0.1, 0.15) is 0 Å². The van der Waals surface area contributed by atoms with E-state index in [-0.39, 0.29) is 5.91 Å². The van der Waals surface area contributed by atoms with Crippen LogP contribution in [0.3, 0.4) is 0 Å². The lowest BCUT2D eigenvalue weighted by Crippen LogP contribution is -2.37. The van der Waals surface area contributed by atoms with Gasteiger partial charge in [-0.25, -0.2) is 10.9 Å². The Kier molecular flexibility index (Phi) is 4.99. The maximum atomic E-state index is 11.7. The first-order valence-corrected chi connectivity index (χ1v) is 5.79. The molecule has 2 N–H and O–H groups in total. The summed E-state index contributed by atoms with van der Waals surface area (Å²) in [7, 11) is 0. The molecular formula is C13H20N2O. The van der Waals surface area contributed by atoms with Gasteiger partial charge in [0.25, 0.3) is 0 Å². The Balaban J connectivity index is 2.56. The van der Waals surface area contributed by atoms with Crippen LogP contribution < -0.4 is 10.9 Å². The van der Waals surface area contributed by atoms with E-state index in [1.54, 1.807) is 0 Å². The van der Waals surface area contributed by atoms with Gasteiger partial charge in [-0.15, -0.1) is 0 Å². The summed E-state index contributed by atoms with van der Waals surface area (Å²) in [6.45, 7) is 4.10. The van der Waals surface area contributed by atoms with Gasteiger partial charge in [-0.1, -0.05) is 31.9 Å². The highest BCUT2D eigenvalue weighted by atomic mass is 16.2. The second kappa shape index (κ2) is 6.28. The smallest absolute Gasteiger partial charge is 0.241 e. The molecule has 1 amide bonds. The molecule has 16 heavy (non-hydrogen) atoms. The predicted molar refractivity (Wildman–Crippen MR) is 67.0 cm³/mol. The highest BCUT2D eigenvalue weighted by molar-refractivity contribution is 5.92. The minimum absolute atomic E-state index is 0.0148. The lowest BCUT2D eigenvalue weighted by atomic mass is 10.2. The van der Waals surface area contributed by atoms with Crippen LogP contribution in [0.2, 0.25) is 0 Å². The van der Waals surface area contributed by atoms with Crippen LogP contribution in [0.4, 0.5) is 5.69 Å². The Morgan fingerprint density at radius 1 is 1.38 bits per heavy atom. The van der Waals surface area contributed by atoms with Crippen molar-refractivity contribution in [2.75, 3.05) is 5.01 Å². The first kappa shape index (κ1) is 12.7. The van der Waals surface area contributed by atoms with E-state index in [9.17, 15) is 4.79 Å². The Labute approximate surface area is 97.2 Å². The molecule has 0 radical (unpaired) electrons. The lowest BCUT2D eigenvalue weighted by molar-refractivity contribution is -0.118. The molecule has 0 heterocycles. The summed E-state index contributed by atoms with van der Waals surface area (Å²) >= 11 is 0. The van der Waals surface area contributed by atoms with Gasteiger partial charge in [-0.2, -0.15) is 0 Å². The minimum atomic E-state index is -0.0148. The summed E-state index contributed by atoms with van der Waals surface area (Å²) in [6, 6.07) is 7.66. The summed E-state index contributed by atoms with van der Waals surface area (Å²) < 4.78 is 0. The van der Waals surface area contributed by atoms with Crippen molar-refractivity contribution >= 4 is 11.6 Å². The summed E-state index contributed by atoms with van der Waals surface area (Å²) in [5, 5.41) is 1.25. The summed E-state index contributed by atoms with van der Waals surface area (Å²) in [6.07, 6.45) is 3.63. The molecular weight excluding hydrogens is 200 g/mol. The number of rotatable bonds is 5. The molecule has 88 valence electrons. The molecule has 0 unspecified atom stereocenters. The second-order valence-corrected chi connectivity index (χ2v) is 4.06. The van der Waals surface area contributed by atoms with Gasteiger partial charge in [-0.05, 0) is 31.0 Å². The molecule has 1 rings (SSSR count). The van der Waals surface area contributed by atoms with E-state index in [4.69, 9.17) is 5.84 Å². The molecule has 0 spiro atoms. The highest BCUT2D eigenvalue weighted by Gasteiger charge is 2.10. The Morgan fingerprint density at radius 3 is 2.75 bits per heavy atom. The number of hydrogen-bond acceptors (Lipinski definition) is 2. The summed E-state index contributed by atoms with van der Waals surface area (Å²) in [4.78, 5) is 11.7. The molecule has 0 aromatic heterocycles. The third kappa shape index (κ3) is 3.66. The van der Waals surface area contributed by atoms with E-state index in [0.717, 1.165) is 30.5 Å². The van der Waals surface area contributed by atoms with Crippen molar-refractivity contribution in [1.82, 2.24) is 0 Å². The molecule has 3 heteroatoms. The van der Waals surface area contributed by atoms with Gasteiger partial charge in [-0.3, -0.25) is 4.79 Å². The number of unbranched alkanes of at least 4 members (excludes halogenated alkanes) is 2. The first-order valence-electron chi connectivity index (χ1n) is 5.79. The molecule has 0 bridgehead atoms. The Bertz CT molecular complexity index is 350. The van der Waals surface area contributed by atoms with Crippen molar-refractivity contribution in [3.05, 3.63) is 29.8 Å². The first-order chi connectivity index (χ1) is 7.65. The fraction of sp³-hybridized carbons (Fsp3) is 0.462. The normalized spacial score (nSPS) is 10.2. The van der Waals surface area contributed by atoms with Crippen molar-refractivity contribution in [2.24, 2.45) is 5.84 Å². The molecule has 1 aromatic carbocycles. The van der Waals surface area contributed by atoms with Gasteiger partial charge >= 0.3 is 0 Å². The molecule has 0 aliphatic heterocycles. The summed E-state index contributed by atoms with van der Waals surface area (Å²) in [5.74, 6) is 5.76. The molecule has 0 saturated carbocycles. The molecule has 0 saturated heterocycles. The van der Waals surface area contributed by atoms with Crippen molar-refractivity contribution in [2.45, 2.75) is 39.5 Å². The van der Waals surface area contributed by atoms with E-state index in [1.807, 2.05) is 31.2 Å². The van der Waals surface area contributed by atoms with Crippen molar-refractivity contribution in [3.63, 3.8) is 0 Å². The lowest BCUT2D eigenvalue weighted by Gasteiger charge is -2.17. The largest absolute Gasteiger partial charge is 0.273 e. The Morgan fingerprint density at radius 2 is 2.12 bits per heavy atom. The number of hydrogen-bond donors (Lipinski definition) is 1. The van der Waals surface area contributed by atoms with Crippen LogP contribution in [0, 0.1) is 6.92 Å². The predicted octanol–water partition coefficient (Wildman–Crippen LogP) is 2.78. The van der Waals surface area contributed by atoms with Crippen molar-refractivity contribution in [3.8, 4) is 0 Å². The van der Waals surface area contributed by atoms with Crippen LogP contribution in [-0.4, -0.2) is 5.91 Å². The van der Waals surface area contributed by atoms with Crippen LogP contribution in [0.1, 0.15) is 38.2 Å². The third-order valence-corrected chi connectivity index (χ3v) is 2.54. The van der Waals surface area contributed by atoms with Crippen LogP contribution in [-0.2, 0) is 4.79 Å². The number of anilines is 1. The van der Waals surface area contributed by atoms with Crippen LogP contribution in [0.5, 0.6) is 0 Å². The number of nitrogens with zero attached hydrogens (tertiary/aromatic N) is 1. The number of carbonyl (C=O) groups is 1. The zero-order valence-electron chi connectivity index (χ0n) is 10.1. The van der Waals surface area contributed by atoms with Crippen molar-refractivity contribution < 1.29 is 4.79 Å². The number of nitrogens with two attached hydrogens (primary N) is 1.